The van der Waals surface area contributed by atoms with Crippen LogP contribution in [0.15, 0.2) is 29.6 Å². The molecule has 5 nitrogen and oxygen atoms in total. The summed E-state index contributed by atoms with van der Waals surface area (Å²) >= 11 is 1.84. The summed E-state index contributed by atoms with van der Waals surface area (Å²) in [7, 11) is -1.33. The zero-order chi connectivity index (χ0) is 20.4. The molecule has 0 atom stereocenters. The van der Waals surface area contributed by atoms with Crippen molar-refractivity contribution in [3.63, 3.8) is 0 Å². The lowest BCUT2D eigenvalue weighted by atomic mass is 9.84. The molecule has 160 valence electrons. The molecule has 1 aliphatic heterocycles. The van der Waals surface area contributed by atoms with Gasteiger partial charge in [0.1, 0.15) is 0 Å². The highest BCUT2D eigenvalue weighted by atomic mass is 32.2. The van der Waals surface area contributed by atoms with Crippen LogP contribution in [0.25, 0.3) is 10.1 Å². The van der Waals surface area contributed by atoms with E-state index in [0.717, 1.165) is 57.8 Å². The Labute approximate surface area is 179 Å². The topological polar surface area (TPSA) is 43.9 Å². The van der Waals surface area contributed by atoms with Gasteiger partial charge in [0.25, 0.3) is 0 Å². The third-order valence-corrected chi connectivity index (χ3v) is 9.18. The first-order valence-electron chi connectivity index (χ1n) is 10.8. The number of rotatable bonds is 6. The van der Waals surface area contributed by atoms with Gasteiger partial charge in [0.2, 0.25) is 10.0 Å². The van der Waals surface area contributed by atoms with Gasteiger partial charge in [0, 0.05) is 39.3 Å². The monoisotopic (exact) mass is 435 g/mol. The van der Waals surface area contributed by atoms with Crippen LogP contribution in [0.1, 0.15) is 32.1 Å². The highest BCUT2D eigenvalue weighted by molar-refractivity contribution is 7.88. The van der Waals surface area contributed by atoms with Crippen LogP contribution in [0.5, 0.6) is 0 Å². The normalized spacial score (nSPS) is 24.4. The molecule has 0 bridgehead atoms. The van der Waals surface area contributed by atoms with Crippen molar-refractivity contribution in [3.05, 3.63) is 29.6 Å². The van der Waals surface area contributed by atoms with E-state index in [0.29, 0.717) is 0 Å². The molecular formula is C22H33N3O2S2. The maximum atomic E-state index is 11.7. The number of benzene rings is 1. The summed E-state index contributed by atoms with van der Waals surface area (Å²) in [6.45, 7) is 5.64. The third-order valence-electron chi connectivity index (χ3n) is 6.88. The predicted molar refractivity (Wildman–Crippen MR) is 123 cm³/mol. The number of sulfonamides is 1. The average molecular weight is 436 g/mol. The van der Waals surface area contributed by atoms with E-state index in [2.05, 4.69) is 39.4 Å². The van der Waals surface area contributed by atoms with E-state index in [1.54, 1.807) is 11.4 Å². The van der Waals surface area contributed by atoms with Gasteiger partial charge in [-0.15, -0.1) is 11.3 Å². The molecule has 4 rings (SSSR count). The van der Waals surface area contributed by atoms with Crippen molar-refractivity contribution in [1.29, 1.82) is 0 Å². The molecule has 0 amide bonds. The van der Waals surface area contributed by atoms with Gasteiger partial charge < -0.3 is 4.90 Å². The van der Waals surface area contributed by atoms with Crippen LogP contribution >= 0.6 is 11.3 Å². The van der Waals surface area contributed by atoms with E-state index in [-0.39, 0.29) is 6.04 Å². The molecule has 0 unspecified atom stereocenters. The Balaban J connectivity index is 1.22. The van der Waals surface area contributed by atoms with Gasteiger partial charge in [-0.3, -0.25) is 4.90 Å². The van der Waals surface area contributed by atoms with E-state index < -0.39 is 10.0 Å². The molecule has 1 saturated heterocycles. The van der Waals surface area contributed by atoms with Gasteiger partial charge >= 0.3 is 0 Å². The van der Waals surface area contributed by atoms with Gasteiger partial charge in [0.15, 0.2) is 0 Å². The molecule has 0 N–H and O–H groups in total. The van der Waals surface area contributed by atoms with Crippen molar-refractivity contribution >= 4 is 37.1 Å². The third kappa shape index (κ3) is 4.95. The Bertz CT molecular complexity index is 911. The number of anilines is 1. The molecule has 0 radical (unpaired) electrons. The molecule has 1 aromatic heterocycles. The van der Waals surface area contributed by atoms with Crippen LogP contribution in [0.3, 0.4) is 0 Å². The quantitative estimate of drug-likeness (QED) is 0.691. The van der Waals surface area contributed by atoms with Crippen LogP contribution in [-0.2, 0) is 10.0 Å². The fraction of sp³-hybridized carbons (Fsp3) is 0.636. The number of nitrogens with zero attached hydrogens (tertiary/aromatic N) is 3. The first-order valence-corrected chi connectivity index (χ1v) is 13.5. The lowest BCUT2D eigenvalue weighted by molar-refractivity contribution is 0.194. The summed E-state index contributed by atoms with van der Waals surface area (Å²) in [4.78, 5) is 5.15. The van der Waals surface area contributed by atoms with Crippen LogP contribution in [0.2, 0.25) is 0 Å². The summed E-state index contributed by atoms with van der Waals surface area (Å²) < 4.78 is 26.5. The van der Waals surface area contributed by atoms with Gasteiger partial charge in [-0.05, 0) is 67.5 Å². The fourth-order valence-electron chi connectivity index (χ4n) is 4.87. The second-order valence-corrected chi connectivity index (χ2v) is 11.6. The fourth-order valence-corrected chi connectivity index (χ4v) is 6.56. The summed E-state index contributed by atoms with van der Waals surface area (Å²) in [6, 6.07) is 9.05. The van der Waals surface area contributed by atoms with Crippen molar-refractivity contribution in [2.45, 2.75) is 38.1 Å². The Morgan fingerprint density at radius 3 is 2.48 bits per heavy atom. The molecule has 7 heteroatoms. The first-order chi connectivity index (χ1) is 13.9. The van der Waals surface area contributed by atoms with E-state index in [1.165, 1.54) is 35.0 Å². The maximum absolute atomic E-state index is 11.7. The van der Waals surface area contributed by atoms with E-state index >= 15 is 0 Å². The molecule has 2 aromatic rings. The molecule has 1 aliphatic carbocycles. The summed E-state index contributed by atoms with van der Waals surface area (Å²) in [5.74, 6) is 0.747. The predicted octanol–water partition coefficient (Wildman–Crippen LogP) is 3.86. The van der Waals surface area contributed by atoms with Gasteiger partial charge in [-0.25, -0.2) is 12.7 Å². The molecule has 0 spiro atoms. The number of hydrogen-bond donors (Lipinski definition) is 0. The lowest BCUT2D eigenvalue weighted by Crippen LogP contribution is -2.47. The molecule has 1 aromatic carbocycles. The van der Waals surface area contributed by atoms with E-state index in [1.807, 2.05) is 11.3 Å². The van der Waals surface area contributed by atoms with Gasteiger partial charge in [0.05, 0.1) is 16.6 Å². The smallest absolute Gasteiger partial charge is 0.211 e. The Morgan fingerprint density at radius 1 is 1.07 bits per heavy atom. The number of fused-ring (bicyclic) bond motifs is 1. The number of hydrogen-bond acceptors (Lipinski definition) is 5. The molecular weight excluding hydrogens is 402 g/mol. The van der Waals surface area contributed by atoms with Crippen molar-refractivity contribution in [2.24, 2.45) is 5.92 Å². The SMILES string of the molecule is CN([C@H]1CC[C@H](CCN2CCN(c3cccc4ccsc34)CC2)CC1)S(C)(=O)=O. The second-order valence-electron chi connectivity index (χ2n) is 8.69. The van der Waals surface area contributed by atoms with Crippen molar-refractivity contribution in [2.75, 3.05) is 50.9 Å². The van der Waals surface area contributed by atoms with Crippen LogP contribution in [0, 0.1) is 5.92 Å². The van der Waals surface area contributed by atoms with Gasteiger partial charge in [-0.2, -0.15) is 0 Å². The first kappa shape index (κ1) is 21.1. The van der Waals surface area contributed by atoms with Crippen LogP contribution in [-0.4, -0.2) is 69.7 Å². The van der Waals surface area contributed by atoms with Crippen LogP contribution < -0.4 is 4.90 Å². The summed E-state index contributed by atoms with van der Waals surface area (Å²) in [5.41, 5.74) is 1.39. The Morgan fingerprint density at radius 2 is 1.79 bits per heavy atom. The van der Waals surface area contributed by atoms with E-state index in [9.17, 15) is 8.42 Å². The Hall–Kier alpha value is -1.15. The maximum Gasteiger partial charge on any atom is 0.211 e. The second kappa shape index (κ2) is 8.92. The largest absolute Gasteiger partial charge is 0.368 e. The van der Waals surface area contributed by atoms with Crippen LogP contribution in [0.4, 0.5) is 5.69 Å². The standard InChI is InChI=1S/C22H33N3O2S2/c1-23(29(2,26)27)20-8-6-18(7-9-20)10-12-24-13-15-25(16-14-24)21-5-3-4-19-11-17-28-22(19)21/h3-5,11,17-18,20H,6-10,12-16H2,1-2H3/t18-,20-. The van der Waals surface area contributed by atoms with Crippen molar-refractivity contribution in [3.8, 4) is 0 Å². The molecule has 1 saturated carbocycles. The summed E-state index contributed by atoms with van der Waals surface area (Å²) in [5, 5.41) is 3.54. The van der Waals surface area contributed by atoms with Crippen molar-refractivity contribution < 1.29 is 8.42 Å². The zero-order valence-electron chi connectivity index (χ0n) is 17.6. The van der Waals surface area contributed by atoms with Crippen molar-refractivity contribution in [1.82, 2.24) is 9.21 Å². The minimum atomic E-state index is -3.07. The molecule has 2 aliphatic rings. The highest BCUT2D eigenvalue weighted by Crippen LogP contribution is 2.33. The highest BCUT2D eigenvalue weighted by Gasteiger charge is 2.28. The van der Waals surface area contributed by atoms with Gasteiger partial charge in [-0.1, -0.05) is 12.1 Å². The number of piperazine rings is 1. The molecule has 2 heterocycles. The minimum Gasteiger partial charge on any atom is -0.368 e. The minimum absolute atomic E-state index is 0.199. The molecule has 2 fully saturated rings. The Kier molecular flexibility index (Phi) is 6.49. The summed E-state index contributed by atoms with van der Waals surface area (Å²) in [6.07, 6.45) is 6.89. The number of thiophene rings is 1. The lowest BCUT2D eigenvalue weighted by Gasteiger charge is -2.38. The zero-order valence-corrected chi connectivity index (χ0v) is 19.2. The average Bonchev–Trinajstić information content (AvgIpc) is 3.21. The molecule has 29 heavy (non-hydrogen) atoms. The van der Waals surface area contributed by atoms with E-state index in [4.69, 9.17) is 0 Å².